The molecule has 0 amide bonds. The molecule has 0 spiro atoms. The third-order valence-corrected chi connectivity index (χ3v) is 7.65. The van der Waals surface area contributed by atoms with Crippen LogP contribution in [-0.4, -0.2) is 76.4 Å². The van der Waals surface area contributed by atoms with Crippen LogP contribution in [0.4, 0.5) is 5.95 Å². The number of hydrogen-bond donors (Lipinski definition) is 1. The number of halogens is 1. The van der Waals surface area contributed by atoms with Crippen LogP contribution in [0.1, 0.15) is 45.7 Å². The molecule has 1 aliphatic heterocycles. The van der Waals surface area contributed by atoms with Gasteiger partial charge in [0.05, 0.1) is 36.4 Å². The summed E-state index contributed by atoms with van der Waals surface area (Å²) in [6.07, 6.45) is 3.06. The molecule has 15 heteroatoms. The summed E-state index contributed by atoms with van der Waals surface area (Å²) in [7, 11) is -2.61. The van der Waals surface area contributed by atoms with Gasteiger partial charge in [-0.2, -0.15) is 0 Å². The first kappa shape index (κ1) is 28.0. The van der Waals surface area contributed by atoms with Crippen molar-refractivity contribution >= 4 is 27.6 Å². The maximum Gasteiger partial charge on any atom is 0.257 e. The van der Waals surface area contributed by atoms with E-state index in [4.69, 9.17) is 30.5 Å². The monoisotopic (exact) mass is 567 g/mol. The first-order chi connectivity index (χ1) is 18.2. The highest BCUT2D eigenvalue weighted by atomic mass is 35.5. The first-order valence-electron chi connectivity index (χ1n) is 12.0. The molecule has 0 aromatic carbocycles. The lowest BCUT2D eigenvalue weighted by molar-refractivity contribution is 0.00154. The van der Waals surface area contributed by atoms with Crippen LogP contribution in [0, 0.1) is 0 Å². The molecule has 3 aromatic heterocycles. The van der Waals surface area contributed by atoms with Gasteiger partial charge in [-0.15, -0.1) is 10.2 Å². The minimum absolute atomic E-state index is 0.00380. The summed E-state index contributed by atoms with van der Waals surface area (Å²) in [5.41, 5.74) is 0.553. The zero-order valence-corrected chi connectivity index (χ0v) is 23.2. The van der Waals surface area contributed by atoms with Gasteiger partial charge in [-0.05, 0) is 33.8 Å². The Balaban J connectivity index is 1.73. The van der Waals surface area contributed by atoms with E-state index in [1.807, 2.05) is 6.92 Å². The Morgan fingerprint density at radius 1 is 1.21 bits per heavy atom. The lowest BCUT2D eigenvalue weighted by Gasteiger charge is -2.26. The number of methoxy groups -OCH3 is 1. The van der Waals surface area contributed by atoms with Crippen molar-refractivity contribution in [1.29, 1.82) is 0 Å². The van der Waals surface area contributed by atoms with Crippen molar-refractivity contribution in [2.45, 2.75) is 51.2 Å². The number of nitrogens with one attached hydrogen (secondary N) is 1. The summed E-state index contributed by atoms with van der Waals surface area (Å²) in [6.45, 7) is 7.81. The van der Waals surface area contributed by atoms with Crippen molar-refractivity contribution in [3.8, 4) is 23.0 Å². The van der Waals surface area contributed by atoms with Crippen molar-refractivity contribution in [3.05, 3.63) is 35.5 Å². The highest BCUT2D eigenvalue weighted by Gasteiger charge is 2.37. The number of nitrogens with zero attached hydrogens (tertiary/aromatic N) is 6. The third-order valence-electron chi connectivity index (χ3n) is 5.76. The topological polar surface area (TPSA) is 152 Å². The van der Waals surface area contributed by atoms with Crippen LogP contribution in [-0.2, 0) is 19.5 Å². The van der Waals surface area contributed by atoms with Crippen LogP contribution in [0.25, 0.3) is 11.4 Å². The standard InChI is InChI=1S/C23H30ClN7O6S/c1-6-35-11-16-12-36-19-17(7-8-25-22(19)34-5)21-28-29-23(31(16)21)30-38(32,33)14(4)18(37-13(2)3)20-26-9-15(24)10-27-20/h7-10,13-14,16,18H,6,11-12H2,1-5H3,(H,29,30)/t14?,16-,18?/m1/s1. The van der Waals surface area contributed by atoms with Crippen molar-refractivity contribution in [3.63, 3.8) is 0 Å². The minimum atomic E-state index is -4.10. The molecule has 0 radical (unpaired) electrons. The van der Waals surface area contributed by atoms with Crippen molar-refractivity contribution in [1.82, 2.24) is 29.7 Å². The minimum Gasteiger partial charge on any atom is -0.485 e. The zero-order valence-electron chi connectivity index (χ0n) is 21.7. The van der Waals surface area contributed by atoms with Crippen molar-refractivity contribution < 1.29 is 27.4 Å². The van der Waals surface area contributed by atoms with Gasteiger partial charge in [-0.1, -0.05) is 11.6 Å². The van der Waals surface area contributed by atoms with Crippen molar-refractivity contribution in [2.24, 2.45) is 0 Å². The summed E-state index contributed by atoms with van der Waals surface area (Å²) in [5.74, 6) is 1.24. The molecule has 0 saturated carbocycles. The lowest BCUT2D eigenvalue weighted by Crippen LogP contribution is -2.35. The van der Waals surface area contributed by atoms with E-state index in [0.717, 1.165) is 0 Å². The fourth-order valence-electron chi connectivity index (χ4n) is 3.94. The molecule has 3 aromatic rings. The maximum absolute atomic E-state index is 13.7. The number of sulfonamides is 1. The summed E-state index contributed by atoms with van der Waals surface area (Å²) in [6, 6.07) is 1.25. The van der Waals surface area contributed by atoms with E-state index in [2.05, 4.69) is 29.9 Å². The molecule has 0 fully saturated rings. The van der Waals surface area contributed by atoms with Crippen molar-refractivity contribution in [2.75, 3.05) is 31.7 Å². The molecule has 206 valence electrons. The summed E-state index contributed by atoms with van der Waals surface area (Å²) in [4.78, 5) is 12.6. The Hall–Kier alpha value is -3.07. The van der Waals surface area contributed by atoms with E-state index in [9.17, 15) is 8.42 Å². The highest BCUT2D eigenvalue weighted by Crippen LogP contribution is 2.40. The summed E-state index contributed by atoms with van der Waals surface area (Å²) >= 11 is 5.93. The van der Waals surface area contributed by atoms with Gasteiger partial charge in [-0.25, -0.2) is 23.4 Å². The molecule has 4 rings (SSSR count). The van der Waals surface area contributed by atoms with E-state index >= 15 is 0 Å². The molecular formula is C23H30ClN7O6S. The fraction of sp³-hybridized carbons (Fsp3) is 0.522. The van der Waals surface area contributed by atoms with E-state index < -0.39 is 27.4 Å². The Morgan fingerprint density at radius 2 is 1.95 bits per heavy atom. The Labute approximate surface area is 225 Å². The van der Waals surface area contributed by atoms with Crippen LogP contribution in [0.3, 0.4) is 0 Å². The van der Waals surface area contributed by atoms with E-state index in [0.29, 0.717) is 28.8 Å². The number of pyridine rings is 1. The van der Waals surface area contributed by atoms with Crippen LogP contribution in [0.15, 0.2) is 24.7 Å². The fourth-order valence-corrected chi connectivity index (χ4v) is 5.13. The number of aromatic nitrogens is 6. The van der Waals surface area contributed by atoms with Gasteiger partial charge in [0.25, 0.3) is 5.88 Å². The van der Waals surface area contributed by atoms with Crippen LogP contribution < -0.4 is 14.2 Å². The Bertz CT molecular complexity index is 1350. The van der Waals surface area contributed by atoms with Gasteiger partial charge in [-0.3, -0.25) is 9.29 Å². The van der Waals surface area contributed by atoms with Gasteiger partial charge in [0.15, 0.2) is 17.4 Å². The second kappa shape index (κ2) is 11.8. The molecule has 1 N–H and O–H groups in total. The van der Waals surface area contributed by atoms with Gasteiger partial charge >= 0.3 is 0 Å². The molecule has 0 aliphatic carbocycles. The normalized spacial score (nSPS) is 16.7. The molecule has 0 saturated heterocycles. The molecule has 38 heavy (non-hydrogen) atoms. The molecule has 13 nitrogen and oxygen atoms in total. The van der Waals surface area contributed by atoms with E-state index in [1.165, 1.54) is 26.4 Å². The predicted octanol–water partition coefficient (Wildman–Crippen LogP) is 3.06. The number of hydrogen-bond acceptors (Lipinski definition) is 11. The average Bonchev–Trinajstić information content (AvgIpc) is 3.21. The van der Waals surface area contributed by atoms with Gasteiger partial charge in [0, 0.05) is 25.2 Å². The Morgan fingerprint density at radius 3 is 2.61 bits per heavy atom. The highest BCUT2D eigenvalue weighted by molar-refractivity contribution is 7.93. The quantitative estimate of drug-likeness (QED) is 0.363. The molecule has 4 heterocycles. The Kier molecular flexibility index (Phi) is 8.65. The zero-order chi connectivity index (χ0) is 27.4. The molecule has 1 aliphatic rings. The number of fused-ring (bicyclic) bond motifs is 3. The maximum atomic E-state index is 13.7. The van der Waals surface area contributed by atoms with Crippen LogP contribution in [0.5, 0.6) is 11.6 Å². The average molecular weight is 568 g/mol. The molecule has 2 unspecified atom stereocenters. The van der Waals surface area contributed by atoms with Crippen LogP contribution >= 0.6 is 11.6 Å². The van der Waals surface area contributed by atoms with Gasteiger partial charge in [0.1, 0.15) is 18.0 Å². The van der Waals surface area contributed by atoms with E-state index in [1.54, 1.807) is 30.7 Å². The van der Waals surface area contributed by atoms with Gasteiger partial charge in [0.2, 0.25) is 16.0 Å². The molecule has 0 bridgehead atoms. The molecular weight excluding hydrogens is 538 g/mol. The number of ether oxygens (including phenoxy) is 4. The second-order valence-corrected chi connectivity index (χ2v) is 11.2. The van der Waals surface area contributed by atoms with Crippen LogP contribution in [0.2, 0.25) is 5.02 Å². The third kappa shape index (κ3) is 5.82. The first-order valence-corrected chi connectivity index (χ1v) is 13.9. The summed E-state index contributed by atoms with van der Waals surface area (Å²) in [5, 5.41) is 7.70. The second-order valence-electron chi connectivity index (χ2n) is 8.76. The molecule has 3 atom stereocenters. The van der Waals surface area contributed by atoms with E-state index in [-0.39, 0.29) is 37.0 Å². The lowest BCUT2D eigenvalue weighted by atomic mass is 10.2. The van der Waals surface area contributed by atoms with Gasteiger partial charge < -0.3 is 18.9 Å². The summed E-state index contributed by atoms with van der Waals surface area (Å²) < 4.78 is 54.5. The number of anilines is 1. The number of rotatable bonds is 11. The smallest absolute Gasteiger partial charge is 0.257 e. The predicted molar refractivity (Wildman–Crippen MR) is 139 cm³/mol. The largest absolute Gasteiger partial charge is 0.485 e. The SMILES string of the molecule is CCOC[C@@H]1COc2c(ccnc2OC)-c2nnc(NS(=O)(=O)C(C)C(OC(C)C)c3ncc(Cl)cn3)n21.